The number of esters is 1. The minimum atomic E-state index is -0.845. The summed E-state index contributed by atoms with van der Waals surface area (Å²) in [6.45, 7) is 1.94. The zero-order valence-electron chi connectivity index (χ0n) is 21.9. The molecule has 0 radical (unpaired) electrons. The van der Waals surface area contributed by atoms with E-state index in [0.29, 0.717) is 26.3 Å². The Bertz CT molecular complexity index is 1940. The van der Waals surface area contributed by atoms with Crippen LogP contribution in [0.1, 0.15) is 29.7 Å². The van der Waals surface area contributed by atoms with E-state index in [4.69, 9.17) is 14.5 Å². The van der Waals surface area contributed by atoms with Crippen molar-refractivity contribution < 1.29 is 14.3 Å². The molecule has 1 aliphatic heterocycles. The van der Waals surface area contributed by atoms with Gasteiger partial charge in [0.1, 0.15) is 11.8 Å². The summed E-state index contributed by atoms with van der Waals surface area (Å²) in [6, 6.07) is 24.1. The predicted octanol–water partition coefficient (Wildman–Crippen LogP) is 4.49. The average Bonchev–Trinajstić information content (AvgIpc) is 3.31. The molecule has 0 N–H and O–H groups in total. The number of aromatic nitrogens is 2. The minimum Gasteiger partial charge on any atom is -0.496 e. The van der Waals surface area contributed by atoms with Gasteiger partial charge in [-0.25, -0.2) is 9.79 Å². The van der Waals surface area contributed by atoms with Crippen molar-refractivity contribution in [2.75, 3.05) is 13.7 Å². The van der Waals surface area contributed by atoms with Crippen LogP contribution in [0.15, 0.2) is 107 Å². The van der Waals surface area contributed by atoms with Gasteiger partial charge in [-0.2, -0.15) is 0 Å². The molecule has 8 heteroatoms. The van der Waals surface area contributed by atoms with E-state index in [-0.39, 0.29) is 17.7 Å². The number of nitrogens with zero attached hydrogens (tertiary/aromatic N) is 3. The Morgan fingerprint density at radius 3 is 2.58 bits per heavy atom. The third-order valence-electron chi connectivity index (χ3n) is 6.78. The van der Waals surface area contributed by atoms with Crippen molar-refractivity contribution in [2.45, 2.75) is 13.0 Å². The van der Waals surface area contributed by atoms with E-state index in [1.165, 1.54) is 11.3 Å². The molecule has 0 fully saturated rings. The molecule has 198 valence electrons. The van der Waals surface area contributed by atoms with Gasteiger partial charge in [-0.1, -0.05) is 78.1 Å². The number of carbonyl (C=O) groups excluding carboxylic acids is 1. The lowest BCUT2D eigenvalue weighted by Crippen LogP contribution is -2.40. The molecule has 5 aromatic rings. The van der Waals surface area contributed by atoms with E-state index < -0.39 is 12.0 Å². The fourth-order valence-electron chi connectivity index (χ4n) is 5.06. The van der Waals surface area contributed by atoms with Gasteiger partial charge in [-0.3, -0.25) is 14.3 Å². The van der Waals surface area contributed by atoms with Crippen molar-refractivity contribution in [2.24, 2.45) is 4.99 Å². The fraction of sp³-hybridized carbons (Fsp3) is 0.125. The number of ether oxygens (including phenoxy) is 2. The highest BCUT2D eigenvalue weighted by molar-refractivity contribution is 7.07. The quantitative estimate of drug-likeness (QED) is 0.293. The molecule has 0 amide bonds. The van der Waals surface area contributed by atoms with Crippen molar-refractivity contribution in [3.63, 3.8) is 0 Å². The van der Waals surface area contributed by atoms with Gasteiger partial charge in [0.2, 0.25) is 0 Å². The summed E-state index contributed by atoms with van der Waals surface area (Å²) in [4.78, 5) is 37.5. The topological polar surface area (TPSA) is 82.8 Å². The summed E-state index contributed by atoms with van der Waals surface area (Å²) in [5.74, 6) is 0.0216. The molecule has 0 aliphatic carbocycles. The molecular formula is C32H25N3O4S. The largest absolute Gasteiger partial charge is 0.496 e. The second kappa shape index (κ2) is 10.7. The zero-order valence-corrected chi connectivity index (χ0v) is 22.7. The molecule has 0 saturated heterocycles. The highest BCUT2D eigenvalue weighted by Crippen LogP contribution is 2.42. The van der Waals surface area contributed by atoms with Gasteiger partial charge >= 0.3 is 5.97 Å². The Hall–Kier alpha value is -4.82. The van der Waals surface area contributed by atoms with Crippen LogP contribution in [0, 0.1) is 0 Å². The van der Waals surface area contributed by atoms with Crippen LogP contribution in [0.5, 0.6) is 5.75 Å². The number of hydrogen-bond donors (Lipinski definition) is 0. The van der Waals surface area contributed by atoms with Gasteiger partial charge < -0.3 is 9.47 Å². The first-order valence-electron chi connectivity index (χ1n) is 12.8. The van der Waals surface area contributed by atoms with Gasteiger partial charge in [0, 0.05) is 23.5 Å². The number of rotatable bonds is 6. The summed E-state index contributed by atoms with van der Waals surface area (Å²) >= 11 is 1.27. The van der Waals surface area contributed by atoms with Gasteiger partial charge in [-0.15, -0.1) is 0 Å². The molecule has 0 unspecified atom stereocenters. The van der Waals surface area contributed by atoms with E-state index >= 15 is 0 Å². The third kappa shape index (κ3) is 4.42. The van der Waals surface area contributed by atoms with Crippen molar-refractivity contribution >= 4 is 39.9 Å². The van der Waals surface area contributed by atoms with Crippen LogP contribution in [0.3, 0.4) is 0 Å². The van der Waals surface area contributed by atoms with Gasteiger partial charge in [0.05, 0.1) is 29.5 Å². The molecule has 0 bridgehead atoms. The Kier molecular flexibility index (Phi) is 6.84. The summed E-state index contributed by atoms with van der Waals surface area (Å²) in [5.41, 5.74) is 2.72. The van der Waals surface area contributed by atoms with Crippen LogP contribution in [0.4, 0.5) is 0 Å². The Morgan fingerprint density at radius 1 is 1.02 bits per heavy atom. The summed E-state index contributed by atoms with van der Waals surface area (Å²) < 4.78 is 13.5. The Balaban J connectivity index is 1.76. The molecule has 3 aromatic carbocycles. The molecule has 1 aliphatic rings. The SMILES string of the molecule is CCOC(=O)C1=C(c2ccccc2)N=c2s/c(=C\c3cccnc3)c(=O)n2[C@H]1c1c(OC)ccc2ccccc12. The van der Waals surface area contributed by atoms with Crippen molar-refractivity contribution in [3.8, 4) is 5.75 Å². The van der Waals surface area contributed by atoms with Crippen LogP contribution in [0.2, 0.25) is 0 Å². The standard InChI is InChI=1S/C32H25N3O4S/c1-3-39-31(37)27-28(22-12-5-4-6-13-22)34-32-35(30(36)25(40-32)18-20-10-9-17-33-19-20)29(27)26-23-14-8-7-11-21(23)15-16-24(26)38-2/h4-19,29H,3H2,1-2H3/b25-18-/t29-/m0/s1. The number of pyridine rings is 1. The number of hydrogen-bond acceptors (Lipinski definition) is 7. The lowest BCUT2D eigenvalue weighted by atomic mass is 9.89. The highest BCUT2D eigenvalue weighted by Gasteiger charge is 2.37. The van der Waals surface area contributed by atoms with E-state index in [0.717, 1.165) is 21.9 Å². The molecule has 40 heavy (non-hydrogen) atoms. The Labute approximate surface area is 234 Å². The van der Waals surface area contributed by atoms with Crippen LogP contribution >= 0.6 is 11.3 Å². The van der Waals surface area contributed by atoms with Crippen LogP contribution in [0.25, 0.3) is 22.5 Å². The van der Waals surface area contributed by atoms with E-state index in [2.05, 4.69) is 4.98 Å². The molecule has 2 aromatic heterocycles. The normalized spacial score (nSPS) is 15.1. The maximum atomic E-state index is 14.2. The first-order valence-corrected chi connectivity index (χ1v) is 13.7. The molecular weight excluding hydrogens is 522 g/mol. The first kappa shape index (κ1) is 25.5. The third-order valence-corrected chi connectivity index (χ3v) is 7.76. The van der Waals surface area contributed by atoms with E-state index in [1.54, 1.807) is 37.1 Å². The summed E-state index contributed by atoms with van der Waals surface area (Å²) in [7, 11) is 1.59. The monoisotopic (exact) mass is 547 g/mol. The first-order chi connectivity index (χ1) is 19.6. The summed E-state index contributed by atoms with van der Waals surface area (Å²) in [5, 5.41) is 1.82. The van der Waals surface area contributed by atoms with Gasteiger partial charge in [0.15, 0.2) is 4.80 Å². The molecule has 1 atom stereocenters. The Morgan fingerprint density at radius 2 is 1.82 bits per heavy atom. The number of fused-ring (bicyclic) bond motifs is 2. The molecule has 7 nitrogen and oxygen atoms in total. The van der Waals surface area contributed by atoms with Crippen molar-refractivity contribution in [1.82, 2.24) is 9.55 Å². The molecule has 6 rings (SSSR count). The van der Waals surface area contributed by atoms with Gasteiger partial charge in [-0.05, 0) is 41.5 Å². The number of methoxy groups -OCH3 is 1. The second-order valence-electron chi connectivity index (χ2n) is 9.12. The number of carbonyl (C=O) groups is 1. The van der Waals surface area contributed by atoms with E-state index in [1.807, 2.05) is 78.9 Å². The molecule has 0 saturated carbocycles. The summed E-state index contributed by atoms with van der Waals surface area (Å²) in [6.07, 6.45) is 5.18. The number of benzene rings is 3. The van der Waals surface area contributed by atoms with Crippen LogP contribution in [-0.2, 0) is 9.53 Å². The van der Waals surface area contributed by atoms with Crippen LogP contribution in [-0.4, -0.2) is 29.2 Å². The average molecular weight is 548 g/mol. The maximum Gasteiger partial charge on any atom is 0.338 e. The zero-order chi connectivity index (χ0) is 27.6. The van der Waals surface area contributed by atoms with Gasteiger partial charge in [0.25, 0.3) is 5.56 Å². The number of thiazole rings is 1. The molecule has 3 heterocycles. The lowest BCUT2D eigenvalue weighted by molar-refractivity contribution is -0.138. The fourth-order valence-corrected chi connectivity index (χ4v) is 6.06. The lowest BCUT2D eigenvalue weighted by Gasteiger charge is -2.28. The second-order valence-corrected chi connectivity index (χ2v) is 10.1. The van der Waals surface area contributed by atoms with Crippen LogP contribution < -0.4 is 19.6 Å². The maximum absolute atomic E-state index is 14.2. The van der Waals surface area contributed by atoms with Crippen molar-refractivity contribution in [1.29, 1.82) is 0 Å². The minimum absolute atomic E-state index is 0.176. The molecule has 0 spiro atoms. The van der Waals surface area contributed by atoms with Crippen molar-refractivity contribution in [3.05, 3.63) is 133 Å². The predicted molar refractivity (Wildman–Crippen MR) is 156 cm³/mol. The smallest absolute Gasteiger partial charge is 0.338 e. The van der Waals surface area contributed by atoms with E-state index in [9.17, 15) is 9.59 Å². The highest BCUT2D eigenvalue weighted by atomic mass is 32.1.